The Morgan fingerprint density at radius 2 is 1.56 bits per heavy atom. The average Bonchev–Trinajstić information content (AvgIpc) is 2.09. The summed E-state index contributed by atoms with van der Waals surface area (Å²) < 4.78 is 5.00. The fourth-order valence-electron chi connectivity index (χ4n) is 2.76. The second kappa shape index (κ2) is 3.95. The smallest absolute Gasteiger partial charge is 0.348 e. The summed E-state index contributed by atoms with van der Waals surface area (Å²) in [5.41, 5.74) is -1.44. The summed E-state index contributed by atoms with van der Waals surface area (Å²) in [6.07, 6.45) is 1.60. The van der Waals surface area contributed by atoms with Gasteiger partial charge in [-0.25, -0.2) is 4.79 Å². The first-order valence-electron chi connectivity index (χ1n) is 6.30. The highest BCUT2D eigenvalue weighted by molar-refractivity contribution is 5.91. The van der Waals surface area contributed by atoms with E-state index < -0.39 is 16.4 Å². The zero-order chi connectivity index (χ0) is 13.6. The molecule has 0 aromatic heterocycles. The normalized spacial score (nSPS) is 33.1. The molecule has 5 heteroatoms. The van der Waals surface area contributed by atoms with Crippen LogP contribution in [0.25, 0.3) is 0 Å². The van der Waals surface area contributed by atoms with Crippen molar-refractivity contribution in [2.75, 3.05) is 6.61 Å². The van der Waals surface area contributed by atoms with Crippen LogP contribution < -0.4 is 0 Å². The van der Waals surface area contributed by atoms with Crippen LogP contribution >= 0.6 is 0 Å². The van der Waals surface area contributed by atoms with Crippen molar-refractivity contribution in [2.24, 2.45) is 10.8 Å². The largest absolute Gasteiger partial charge is 0.466 e. The fourth-order valence-corrected chi connectivity index (χ4v) is 2.76. The van der Waals surface area contributed by atoms with Gasteiger partial charge in [0.1, 0.15) is 5.60 Å². The predicted molar refractivity (Wildman–Crippen MR) is 62.3 cm³/mol. The molecule has 0 atom stereocenters. The van der Waals surface area contributed by atoms with Crippen LogP contribution in [0.4, 0.5) is 0 Å². The van der Waals surface area contributed by atoms with Crippen LogP contribution in [0.15, 0.2) is 0 Å². The topological polar surface area (TPSA) is 61.8 Å². The first-order chi connectivity index (χ1) is 8.23. The minimum Gasteiger partial charge on any atom is -0.466 e. The minimum atomic E-state index is -0.516. The van der Waals surface area contributed by atoms with Crippen LogP contribution in [0.1, 0.15) is 47.0 Å². The molecule has 3 saturated carbocycles. The number of ether oxygens (including phenoxy) is 1. The predicted octanol–water partition coefficient (Wildman–Crippen LogP) is 1.99. The standard InChI is InChI=1S/C13H20O5/c1-5-16-9(14)12-6-13(7-12,8-12)10(15)17-18-11(2,3)4/h5-8H2,1-4H3. The van der Waals surface area contributed by atoms with Crippen LogP contribution in [0.3, 0.4) is 0 Å². The number of rotatable bonds is 4. The van der Waals surface area contributed by atoms with Gasteiger partial charge < -0.3 is 4.74 Å². The molecule has 2 bridgehead atoms. The summed E-state index contributed by atoms with van der Waals surface area (Å²) in [6, 6.07) is 0. The van der Waals surface area contributed by atoms with Gasteiger partial charge in [-0.15, -0.1) is 0 Å². The Balaban J connectivity index is 1.82. The van der Waals surface area contributed by atoms with Crippen molar-refractivity contribution in [1.82, 2.24) is 0 Å². The van der Waals surface area contributed by atoms with E-state index in [0.29, 0.717) is 25.9 Å². The Morgan fingerprint density at radius 1 is 1.06 bits per heavy atom. The summed E-state index contributed by atoms with van der Waals surface area (Å²) in [5.74, 6) is -0.542. The lowest BCUT2D eigenvalue weighted by Gasteiger charge is -2.65. The molecule has 0 spiro atoms. The van der Waals surface area contributed by atoms with Crippen molar-refractivity contribution < 1.29 is 24.1 Å². The van der Waals surface area contributed by atoms with E-state index in [9.17, 15) is 9.59 Å². The molecule has 0 radical (unpaired) electrons. The minimum absolute atomic E-state index is 0.184. The molecular weight excluding hydrogens is 236 g/mol. The van der Waals surface area contributed by atoms with Gasteiger partial charge in [0.15, 0.2) is 0 Å². The summed E-state index contributed by atoms with van der Waals surface area (Å²) in [7, 11) is 0. The van der Waals surface area contributed by atoms with Gasteiger partial charge >= 0.3 is 11.9 Å². The molecule has 0 heterocycles. The molecule has 3 aliphatic carbocycles. The third kappa shape index (κ3) is 2.00. The molecule has 3 fully saturated rings. The lowest BCUT2D eigenvalue weighted by atomic mass is 9.35. The SMILES string of the molecule is CCOC(=O)C12CC(C(=O)OOC(C)(C)C)(C1)C2. The Bertz CT molecular complexity index is 360. The van der Waals surface area contributed by atoms with Crippen molar-refractivity contribution >= 4 is 11.9 Å². The molecule has 0 aromatic carbocycles. The number of esters is 1. The molecular formula is C13H20O5. The number of carbonyl (C=O) groups excluding carboxylic acids is 2. The van der Waals surface area contributed by atoms with Gasteiger partial charge in [0.05, 0.1) is 17.4 Å². The Morgan fingerprint density at radius 3 is 2.00 bits per heavy atom. The van der Waals surface area contributed by atoms with E-state index in [4.69, 9.17) is 14.5 Å². The van der Waals surface area contributed by atoms with Crippen molar-refractivity contribution in [3.8, 4) is 0 Å². The van der Waals surface area contributed by atoms with Gasteiger partial charge in [0, 0.05) is 0 Å². The second-order valence-corrected chi connectivity index (χ2v) is 6.38. The van der Waals surface area contributed by atoms with E-state index in [-0.39, 0.29) is 11.9 Å². The van der Waals surface area contributed by atoms with Crippen LogP contribution in [0.2, 0.25) is 0 Å². The molecule has 5 nitrogen and oxygen atoms in total. The van der Waals surface area contributed by atoms with Crippen LogP contribution in [-0.4, -0.2) is 24.1 Å². The maximum Gasteiger partial charge on any atom is 0.348 e. The van der Waals surface area contributed by atoms with E-state index in [1.165, 1.54) is 0 Å². The van der Waals surface area contributed by atoms with Gasteiger partial charge in [-0.1, -0.05) is 0 Å². The average molecular weight is 256 g/mol. The molecule has 0 aliphatic heterocycles. The second-order valence-electron chi connectivity index (χ2n) is 6.38. The van der Waals surface area contributed by atoms with Crippen LogP contribution in [0, 0.1) is 10.8 Å². The van der Waals surface area contributed by atoms with Crippen molar-refractivity contribution in [3.05, 3.63) is 0 Å². The molecule has 3 rings (SSSR count). The third-order valence-corrected chi connectivity index (χ3v) is 3.54. The highest BCUT2D eigenvalue weighted by atomic mass is 17.2. The monoisotopic (exact) mass is 256 g/mol. The Hall–Kier alpha value is -1.10. The van der Waals surface area contributed by atoms with Gasteiger partial charge in [-0.3, -0.25) is 9.68 Å². The van der Waals surface area contributed by atoms with E-state index in [2.05, 4.69) is 0 Å². The van der Waals surface area contributed by atoms with Crippen LogP contribution in [-0.2, 0) is 24.1 Å². The maximum atomic E-state index is 11.9. The van der Waals surface area contributed by atoms with Gasteiger partial charge in [-0.2, -0.15) is 4.89 Å². The maximum absolute atomic E-state index is 11.9. The van der Waals surface area contributed by atoms with E-state index >= 15 is 0 Å². The van der Waals surface area contributed by atoms with Crippen LogP contribution in [0.5, 0.6) is 0 Å². The highest BCUT2D eigenvalue weighted by Gasteiger charge is 2.76. The van der Waals surface area contributed by atoms with E-state index in [1.807, 2.05) is 20.8 Å². The van der Waals surface area contributed by atoms with Gasteiger partial charge in [-0.05, 0) is 47.0 Å². The fraction of sp³-hybridized carbons (Fsp3) is 0.846. The van der Waals surface area contributed by atoms with Gasteiger partial charge in [0.2, 0.25) is 0 Å². The molecule has 18 heavy (non-hydrogen) atoms. The van der Waals surface area contributed by atoms with Crippen molar-refractivity contribution in [3.63, 3.8) is 0 Å². The molecule has 0 unspecified atom stereocenters. The quantitative estimate of drug-likeness (QED) is 0.437. The lowest BCUT2D eigenvalue weighted by Crippen LogP contribution is -2.69. The number of carbonyl (C=O) groups is 2. The first-order valence-corrected chi connectivity index (χ1v) is 6.30. The van der Waals surface area contributed by atoms with Crippen molar-refractivity contribution in [1.29, 1.82) is 0 Å². The molecule has 0 N–H and O–H groups in total. The summed E-state index contributed by atoms with van der Waals surface area (Å²) in [4.78, 5) is 33.4. The number of hydrogen-bond acceptors (Lipinski definition) is 5. The molecule has 0 amide bonds. The van der Waals surface area contributed by atoms with E-state index in [1.54, 1.807) is 6.92 Å². The first kappa shape index (κ1) is 13.3. The Labute approximate surface area is 107 Å². The highest BCUT2D eigenvalue weighted by Crippen LogP contribution is 2.74. The zero-order valence-electron chi connectivity index (χ0n) is 11.4. The Kier molecular flexibility index (Phi) is 2.93. The van der Waals surface area contributed by atoms with Gasteiger partial charge in [0.25, 0.3) is 0 Å². The zero-order valence-corrected chi connectivity index (χ0v) is 11.4. The summed E-state index contributed by atoms with van der Waals surface area (Å²) in [6.45, 7) is 7.59. The number of hydrogen-bond donors (Lipinski definition) is 0. The third-order valence-electron chi connectivity index (χ3n) is 3.54. The molecule has 0 saturated heterocycles. The summed E-state index contributed by atoms with van der Waals surface area (Å²) in [5, 5.41) is 0. The van der Waals surface area contributed by atoms with Crippen molar-refractivity contribution in [2.45, 2.75) is 52.6 Å². The molecule has 0 aromatic rings. The van der Waals surface area contributed by atoms with E-state index in [0.717, 1.165) is 0 Å². The lowest BCUT2D eigenvalue weighted by molar-refractivity contribution is -0.342. The summed E-state index contributed by atoms with van der Waals surface area (Å²) >= 11 is 0. The molecule has 3 aliphatic rings. The molecule has 102 valence electrons.